The quantitative estimate of drug-likeness (QED) is 0.677. The first-order chi connectivity index (χ1) is 12.8. The average Bonchev–Trinajstić information content (AvgIpc) is 3.15. The third-order valence-corrected chi connectivity index (χ3v) is 5.48. The zero-order chi connectivity index (χ0) is 18.0. The fraction of sp³-hybridized carbons (Fsp3) is 0.636. The van der Waals surface area contributed by atoms with Crippen molar-refractivity contribution in [2.24, 2.45) is 0 Å². The van der Waals surface area contributed by atoms with E-state index in [2.05, 4.69) is 52.5 Å². The van der Waals surface area contributed by atoms with Crippen LogP contribution in [0.15, 0.2) is 36.2 Å². The van der Waals surface area contributed by atoms with E-state index in [4.69, 9.17) is 4.74 Å². The normalized spacial score (nSPS) is 19.9. The van der Waals surface area contributed by atoms with Gasteiger partial charge in [-0.2, -0.15) is 0 Å². The van der Waals surface area contributed by atoms with Gasteiger partial charge in [-0.25, -0.2) is 0 Å². The highest BCUT2D eigenvalue weighted by atomic mass is 16.5. The Morgan fingerprint density at radius 3 is 2.62 bits per heavy atom. The summed E-state index contributed by atoms with van der Waals surface area (Å²) in [5.74, 6) is 0.985. The van der Waals surface area contributed by atoms with Gasteiger partial charge in [-0.15, -0.1) is 0 Å². The van der Waals surface area contributed by atoms with E-state index in [1.165, 1.54) is 69.5 Å². The smallest absolute Gasteiger partial charge is 0.119 e. The molecule has 0 amide bonds. The lowest BCUT2D eigenvalue weighted by atomic mass is 10.1. The van der Waals surface area contributed by atoms with Crippen LogP contribution in [-0.4, -0.2) is 49.1 Å². The highest BCUT2D eigenvalue weighted by Gasteiger charge is 2.14. The number of hydrogen-bond donors (Lipinski definition) is 1. The van der Waals surface area contributed by atoms with Gasteiger partial charge < -0.3 is 19.9 Å². The van der Waals surface area contributed by atoms with E-state index in [0.717, 1.165) is 31.9 Å². The summed E-state index contributed by atoms with van der Waals surface area (Å²) in [7, 11) is 0. The van der Waals surface area contributed by atoms with Crippen LogP contribution < -0.4 is 10.1 Å². The lowest BCUT2D eigenvalue weighted by molar-refractivity contribution is 0.205. The van der Waals surface area contributed by atoms with Crippen molar-refractivity contribution in [2.45, 2.75) is 52.0 Å². The van der Waals surface area contributed by atoms with Crippen molar-refractivity contribution >= 4 is 0 Å². The number of ether oxygens (including phenoxy) is 1. The van der Waals surface area contributed by atoms with E-state index in [9.17, 15) is 0 Å². The molecule has 2 fully saturated rings. The van der Waals surface area contributed by atoms with Crippen molar-refractivity contribution < 1.29 is 4.74 Å². The number of nitrogens with one attached hydrogen (secondary N) is 1. The molecular formula is C22H35N3O. The van der Waals surface area contributed by atoms with Crippen LogP contribution in [0.4, 0.5) is 0 Å². The maximum absolute atomic E-state index is 5.90. The Bertz CT molecular complexity index is 549. The Balaban J connectivity index is 1.33. The van der Waals surface area contributed by atoms with Gasteiger partial charge in [-0.3, -0.25) is 0 Å². The lowest BCUT2D eigenvalue weighted by Crippen LogP contribution is -2.31. The Morgan fingerprint density at radius 1 is 1.04 bits per heavy atom. The van der Waals surface area contributed by atoms with Crippen molar-refractivity contribution in [1.82, 2.24) is 15.1 Å². The standard InChI is InChI=1S/C22H35N3O/c1-2-25-16-6-8-21(25)19-23-18-20-9-11-22(12-10-20)26-17-7-15-24-13-4-3-5-14-24/h9-12,19,23H,2-8,13-18H2,1H3/b21-19-. The average molecular weight is 358 g/mol. The minimum Gasteiger partial charge on any atom is -0.494 e. The molecule has 26 heavy (non-hydrogen) atoms. The molecule has 2 aliphatic rings. The fourth-order valence-electron chi connectivity index (χ4n) is 3.93. The molecule has 0 unspecified atom stereocenters. The van der Waals surface area contributed by atoms with E-state index in [0.29, 0.717) is 0 Å². The Labute approximate surface area is 159 Å². The van der Waals surface area contributed by atoms with Gasteiger partial charge in [0.2, 0.25) is 0 Å². The minimum absolute atomic E-state index is 0.813. The highest BCUT2D eigenvalue weighted by Crippen LogP contribution is 2.19. The number of nitrogens with zero attached hydrogens (tertiary/aromatic N) is 2. The number of rotatable bonds is 9. The van der Waals surface area contributed by atoms with Crippen LogP contribution in [-0.2, 0) is 6.54 Å². The molecule has 0 radical (unpaired) electrons. The van der Waals surface area contributed by atoms with Gasteiger partial charge in [-0.1, -0.05) is 18.6 Å². The van der Waals surface area contributed by atoms with E-state index in [1.54, 1.807) is 0 Å². The molecule has 1 N–H and O–H groups in total. The Kier molecular flexibility index (Phi) is 7.68. The first-order valence-electron chi connectivity index (χ1n) is 10.5. The van der Waals surface area contributed by atoms with Crippen LogP contribution in [0.25, 0.3) is 0 Å². The molecule has 2 saturated heterocycles. The summed E-state index contributed by atoms with van der Waals surface area (Å²) in [6.45, 7) is 9.94. The van der Waals surface area contributed by atoms with Gasteiger partial charge in [0, 0.05) is 38.1 Å². The number of benzene rings is 1. The fourth-order valence-corrected chi connectivity index (χ4v) is 3.93. The largest absolute Gasteiger partial charge is 0.494 e. The molecule has 2 aliphatic heterocycles. The monoisotopic (exact) mass is 357 g/mol. The maximum Gasteiger partial charge on any atom is 0.119 e. The van der Waals surface area contributed by atoms with Crippen molar-refractivity contribution in [3.63, 3.8) is 0 Å². The molecule has 0 atom stereocenters. The first-order valence-corrected chi connectivity index (χ1v) is 10.5. The molecule has 2 heterocycles. The SMILES string of the molecule is CCN1CCC/C1=C/NCc1ccc(OCCCN2CCCCC2)cc1. The second kappa shape index (κ2) is 10.5. The number of hydrogen-bond acceptors (Lipinski definition) is 4. The molecule has 4 heteroatoms. The Morgan fingerprint density at radius 2 is 1.85 bits per heavy atom. The van der Waals surface area contributed by atoms with Gasteiger partial charge in [0.1, 0.15) is 5.75 Å². The minimum atomic E-state index is 0.813. The summed E-state index contributed by atoms with van der Waals surface area (Å²) in [6.07, 6.45) is 9.93. The van der Waals surface area contributed by atoms with E-state index in [-0.39, 0.29) is 0 Å². The van der Waals surface area contributed by atoms with Gasteiger partial charge in [-0.05, 0) is 69.8 Å². The molecule has 3 rings (SSSR count). The summed E-state index contributed by atoms with van der Waals surface area (Å²) >= 11 is 0. The summed E-state index contributed by atoms with van der Waals surface area (Å²) < 4.78 is 5.90. The van der Waals surface area contributed by atoms with Crippen LogP contribution in [0.3, 0.4) is 0 Å². The molecule has 144 valence electrons. The van der Waals surface area contributed by atoms with Crippen LogP contribution >= 0.6 is 0 Å². The van der Waals surface area contributed by atoms with E-state index < -0.39 is 0 Å². The van der Waals surface area contributed by atoms with Crippen molar-refractivity contribution in [3.8, 4) is 5.75 Å². The second-order valence-corrected chi connectivity index (χ2v) is 7.45. The third-order valence-electron chi connectivity index (χ3n) is 5.48. The molecule has 0 bridgehead atoms. The van der Waals surface area contributed by atoms with Gasteiger partial charge in [0.25, 0.3) is 0 Å². The van der Waals surface area contributed by atoms with Crippen LogP contribution in [0.2, 0.25) is 0 Å². The second-order valence-electron chi connectivity index (χ2n) is 7.45. The Hall–Kier alpha value is -1.68. The molecular weight excluding hydrogens is 322 g/mol. The maximum atomic E-state index is 5.90. The number of piperidine rings is 1. The van der Waals surface area contributed by atoms with Crippen molar-refractivity contribution in [3.05, 3.63) is 41.7 Å². The van der Waals surface area contributed by atoms with Crippen molar-refractivity contribution in [1.29, 1.82) is 0 Å². The summed E-state index contributed by atoms with van der Waals surface area (Å²) in [5, 5.41) is 3.47. The molecule has 0 spiro atoms. The number of likely N-dealkylation sites (tertiary alicyclic amines) is 2. The third kappa shape index (κ3) is 5.94. The molecule has 1 aromatic rings. The van der Waals surface area contributed by atoms with Crippen LogP contribution in [0.1, 0.15) is 51.0 Å². The van der Waals surface area contributed by atoms with Crippen LogP contribution in [0, 0.1) is 0 Å². The molecule has 0 saturated carbocycles. The zero-order valence-electron chi connectivity index (χ0n) is 16.4. The lowest BCUT2D eigenvalue weighted by Gasteiger charge is -2.26. The molecule has 1 aromatic carbocycles. The number of allylic oxidation sites excluding steroid dienone is 1. The highest BCUT2D eigenvalue weighted by molar-refractivity contribution is 5.27. The summed E-state index contributed by atoms with van der Waals surface area (Å²) in [6, 6.07) is 8.52. The van der Waals surface area contributed by atoms with Gasteiger partial charge in [0.15, 0.2) is 0 Å². The first kappa shape index (κ1) is 19.1. The summed E-state index contributed by atoms with van der Waals surface area (Å²) in [5.41, 5.74) is 2.74. The zero-order valence-corrected chi connectivity index (χ0v) is 16.4. The van der Waals surface area contributed by atoms with Crippen LogP contribution in [0.5, 0.6) is 5.75 Å². The topological polar surface area (TPSA) is 27.7 Å². The van der Waals surface area contributed by atoms with E-state index in [1.807, 2.05) is 0 Å². The van der Waals surface area contributed by atoms with Gasteiger partial charge in [0.05, 0.1) is 6.61 Å². The van der Waals surface area contributed by atoms with Crippen molar-refractivity contribution in [2.75, 3.05) is 39.3 Å². The molecule has 0 aromatic heterocycles. The molecule has 0 aliphatic carbocycles. The van der Waals surface area contributed by atoms with E-state index >= 15 is 0 Å². The molecule has 4 nitrogen and oxygen atoms in total. The predicted octanol–water partition coefficient (Wildman–Crippen LogP) is 3.99. The predicted molar refractivity (Wildman–Crippen MR) is 108 cm³/mol. The summed E-state index contributed by atoms with van der Waals surface area (Å²) in [4.78, 5) is 5.02. The van der Waals surface area contributed by atoms with Gasteiger partial charge >= 0.3 is 0 Å².